The Morgan fingerprint density at radius 2 is 1.15 bits per heavy atom. The number of nitrogens with zero attached hydrogens (tertiary/aromatic N) is 2. The second-order valence-corrected chi connectivity index (χ2v) is 16.7. The van der Waals surface area contributed by atoms with Crippen molar-refractivity contribution in [1.82, 2.24) is 4.57 Å². The Morgan fingerprint density at radius 3 is 1.98 bits per heavy atom. The van der Waals surface area contributed by atoms with E-state index in [1.807, 2.05) is 11.8 Å². The molecule has 3 nitrogen and oxygen atoms in total. The van der Waals surface area contributed by atoms with Crippen LogP contribution in [0.3, 0.4) is 0 Å². The molecule has 1 atom stereocenters. The molecule has 12 rings (SSSR count). The van der Waals surface area contributed by atoms with Gasteiger partial charge in [0.2, 0.25) is 0 Å². The van der Waals surface area contributed by atoms with E-state index in [0.29, 0.717) is 0 Å². The second-order valence-electron chi connectivity index (χ2n) is 15.6. The fraction of sp³-hybridized carbons (Fsp3) is 0.0357. The van der Waals surface area contributed by atoms with E-state index in [1.54, 1.807) is 0 Å². The van der Waals surface area contributed by atoms with Crippen LogP contribution in [0, 0.1) is 0 Å². The van der Waals surface area contributed by atoms with Gasteiger partial charge in [-0.1, -0.05) is 151 Å². The maximum Gasteiger partial charge on any atom is 0.137 e. The Labute approximate surface area is 352 Å². The zero-order valence-corrected chi connectivity index (χ0v) is 33.5. The van der Waals surface area contributed by atoms with Crippen LogP contribution >= 0.6 is 11.8 Å². The molecule has 4 heteroatoms. The zero-order chi connectivity index (χ0) is 39.6. The number of furan rings is 1. The van der Waals surface area contributed by atoms with Gasteiger partial charge in [-0.2, -0.15) is 0 Å². The third-order valence-corrected chi connectivity index (χ3v) is 13.5. The van der Waals surface area contributed by atoms with E-state index in [1.165, 1.54) is 53.9 Å². The quantitative estimate of drug-likeness (QED) is 0.168. The fourth-order valence-electron chi connectivity index (χ4n) is 9.41. The minimum Gasteiger partial charge on any atom is -0.456 e. The zero-order valence-electron chi connectivity index (χ0n) is 32.7. The van der Waals surface area contributed by atoms with Crippen molar-refractivity contribution in [2.24, 2.45) is 0 Å². The van der Waals surface area contributed by atoms with Crippen molar-refractivity contribution in [1.29, 1.82) is 0 Å². The first-order chi connectivity index (χ1) is 29.7. The number of rotatable bonds is 6. The van der Waals surface area contributed by atoms with E-state index in [-0.39, 0.29) is 5.92 Å². The van der Waals surface area contributed by atoms with Crippen LogP contribution in [0.1, 0.15) is 22.7 Å². The highest BCUT2D eigenvalue weighted by atomic mass is 32.2. The van der Waals surface area contributed by atoms with Crippen molar-refractivity contribution in [3.8, 4) is 16.8 Å². The lowest BCUT2D eigenvalue weighted by atomic mass is 9.87. The average Bonchev–Trinajstić information content (AvgIpc) is 3.76. The first kappa shape index (κ1) is 34.7. The molecule has 0 saturated carbocycles. The first-order valence-corrected chi connectivity index (χ1v) is 21.4. The number of hydrogen-bond donors (Lipinski definition) is 0. The minimum atomic E-state index is 0.217. The molecule has 0 saturated heterocycles. The van der Waals surface area contributed by atoms with Crippen LogP contribution in [0.5, 0.6) is 0 Å². The molecule has 0 spiro atoms. The van der Waals surface area contributed by atoms with Gasteiger partial charge in [-0.05, 0) is 94.4 Å². The average molecular weight is 787 g/mol. The summed E-state index contributed by atoms with van der Waals surface area (Å²) in [6.45, 7) is 0. The SMILES string of the molecule is c1ccc(-c2ccc3c(c2)oc2cc(N(c4ccc5c6c(n(-c7ccccc7)c5c4)CC(c4ccccc4)c4ccccc4S6)c4cccc5ccccc45)ccc23)cc1. The van der Waals surface area contributed by atoms with Crippen LogP contribution < -0.4 is 4.90 Å². The monoisotopic (exact) mass is 786 g/mol. The Kier molecular flexibility index (Phi) is 8.24. The molecule has 9 aromatic carbocycles. The lowest BCUT2D eigenvalue weighted by Crippen LogP contribution is -2.11. The molecule has 11 aromatic rings. The summed E-state index contributed by atoms with van der Waals surface area (Å²) in [5, 5.41) is 5.86. The topological polar surface area (TPSA) is 21.3 Å². The van der Waals surface area contributed by atoms with Crippen molar-refractivity contribution in [3.63, 3.8) is 0 Å². The van der Waals surface area contributed by atoms with E-state index in [2.05, 4.69) is 222 Å². The molecule has 1 aliphatic rings. The summed E-state index contributed by atoms with van der Waals surface area (Å²) in [6.07, 6.45) is 0.879. The fourth-order valence-corrected chi connectivity index (χ4v) is 10.7. The van der Waals surface area contributed by atoms with Crippen LogP contribution in [-0.2, 0) is 6.42 Å². The number of hydrogen-bond acceptors (Lipinski definition) is 3. The second kappa shape index (κ2) is 14.2. The molecular formula is C56H38N2OS. The number of fused-ring (bicyclic) bond motifs is 8. The summed E-state index contributed by atoms with van der Waals surface area (Å²) < 4.78 is 9.25. The van der Waals surface area contributed by atoms with E-state index >= 15 is 0 Å². The van der Waals surface area contributed by atoms with Gasteiger partial charge in [0.15, 0.2) is 0 Å². The van der Waals surface area contributed by atoms with Gasteiger partial charge in [0.25, 0.3) is 0 Å². The Morgan fingerprint density at radius 1 is 0.500 bits per heavy atom. The molecule has 60 heavy (non-hydrogen) atoms. The lowest BCUT2D eigenvalue weighted by Gasteiger charge is -2.27. The molecule has 0 bridgehead atoms. The summed E-state index contributed by atoms with van der Waals surface area (Å²) in [5.41, 5.74) is 13.7. The number of benzene rings is 9. The molecule has 284 valence electrons. The maximum atomic E-state index is 6.72. The third-order valence-electron chi connectivity index (χ3n) is 12.2. The normalized spacial score (nSPS) is 13.7. The van der Waals surface area contributed by atoms with Crippen molar-refractivity contribution < 1.29 is 4.42 Å². The van der Waals surface area contributed by atoms with Crippen molar-refractivity contribution in [3.05, 3.63) is 229 Å². The summed E-state index contributed by atoms with van der Waals surface area (Å²) in [7, 11) is 0. The highest BCUT2D eigenvalue weighted by Gasteiger charge is 2.30. The third kappa shape index (κ3) is 5.75. The predicted octanol–water partition coefficient (Wildman–Crippen LogP) is 15.7. The van der Waals surface area contributed by atoms with E-state index < -0.39 is 0 Å². The maximum absolute atomic E-state index is 6.72. The standard InChI is InChI=1S/C56H38N2OS/c1-4-15-37(16-5-1)40-27-30-45-46-31-28-43(35-54(46)59-53(45)33-40)57(50-25-14-20-38-19-10-11-23-44(38)50)42-29-32-48-51(34-42)58(41-21-8-3-9-22-41)52-36-49(39-17-6-2-7-18-39)47-24-12-13-26-55(47)60-56(48)52/h1-35,49H,36H2. The Bertz CT molecular complexity index is 3380. The molecule has 3 heterocycles. The van der Waals surface area contributed by atoms with Crippen LogP contribution in [0.25, 0.3) is 60.4 Å². The van der Waals surface area contributed by atoms with Crippen LogP contribution in [-0.4, -0.2) is 4.57 Å². The molecular weight excluding hydrogens is 749 g/mol. The van der Waals surface area contributed by atoms with Crippen molar-refractivity contribution in [2.75, 3.05) is 4.90 Å². The Balaban J connectivity index is 1.08. The van der Waals surface area contributed by atoms with E-state index in [9.17, 15) is 0 Å². The smallest absolute Gasteiger partial charge is 0.137 e. The first-order valence-electron chi connectivity index (χ1n) is 20.6. The summed E-state index contributed by atoms with van der Waals surface area (Å²) in [5.74, 6) is 0.217. The number of aromatic nitrogens is 1. The van der Waals surface area contributed by atoms with E-state index in [0.717, 1.165) is 56.7 Å². The predicted molar refractivity (Wildman–Crippen MR) is 251 cm³/mol. The van der Waals surface area contributed by atoms with E-state index in [4.69, 9.17) is 4.42 Å². The van der Waals surface area contributed by atoms with Gasteiger partial charge in [0, 0.05) is 72.5 Å². The molecule has 0 fully saturated rings. The van der Waals surface area contributed by atoms with Gasteiger partial charge in [0.05, 0.1) is 11.2 Å². The molecule has 0 N–H and O–H groups in total. The van der Waals surface area contributed by atoms with Gasteiger partial charge >= 0.3 is 0 Å². The summed E-state index contributed by atoms with van der Waals surface area (Å²) in [4.78, 5) is 5.04. The summed E-state index contributed by atoms with van der Waals surface area (Å²) >= 11 is 1.91. The largest absolute Gasteiger partial charge is 0.456 e. The number of para-hydroxylation sites is 1. The molecule has 2 aromatic heterocycles. The van der Waals surface area contributed by atoms with Crippen LogP contribution in [0.4, 0.5) is 17.1 Å². The van der Waals surface area contributed by atoms with Crippen molar-refractivity contribution in [2.45, 2.75) is 22.1 Å². The highest BCUT2D eigenvalue weighted by molar-refractivity contribution is 7.99. The highest BCUT2D eigenvalue weighted by Crippen LogP contribution is 2.50. The molecule has 0 aliphatic carbocycles. The van der Waals surface area contributed by atoms with Gasteiger partial charge in [0.1, 0.15) is 11.2 Å². The van der Waals surface area contributed by atoms with Gasteiger partial charge < -0.3 is 13.9 Å². The Hall–Kier alpha value is -7.27. The molecule has 1 aliphatic heterocycles. The van der Waals surface area contributed by atoms with Crippen LogP contribution in [0.2, 0.25) is 0 Å². The number of anilines is 3. The van der Waals surface area contributed by atoms with Crippen molar-refractivity contribution >= 4 is 72.4 Å². The summed E-state index contributed by atoms with van der Waals surface area (Å²) in [6, 6.07) is 77.0. The molecule has 0 amide bonds. The van der Waals surface area contributed by atoms with Gasteiger partial charge in [-0.3, -0.25) is 0 Å². The van der Waals surface area contributed by atoms with Crippen LogP contribution in [0.15, 0.2) is 227 Å². The molecule has 1 unspecified atom stereocenters. The van der Waals surface area contributed by atoms with Gasteiger partial charge in [-0.15, -0.1) is 0 Å². The minimum absolute atomic E-state index is 0.217. The molecule has 0 radical (unpaired) electrons. The lowest BCUT2D eigenvalue weighted by molar-refractivity contribution is 0.669. The van der Waals surface area contributed by atoms with Gasteiger partial charge in [-0.25, -0.2) is 0 Å².